The van der Waals surface area contributed by atoms with E-state index in [1.54, 1.807) is 0 Å². The molecule has 29 heavy (non-hydrogen) atoms. The van der Waals surface area contributed by atoms with Crippen molar-refractivity contribution in [3.63, 3.8) is 0 Å². The van der Waals surface area contributed by atoms with Gasteiger partial charge in [0, 0.05) is 0 Å². The van der Waals surface area contributed by atoms with Gasteiger partial charge in [0.05, 0.1) is 11.8 Å². The summed E-state index contributed by atoms with van der Waals surface area (Å²) in [4.78, 5) is 20.9. The minimum atomic E-state index is -0.643. The van der Waals surface area contributed by atoms with Gasteiger partial charge in [0.15, 0.2) is 0 Å². The average molecular weight is 521 g/mol. The van der Waals surface area contributed by atoms with Crippen LogP contribution in [-0.2, 0) is 9.59 Å². The van der Waals surface area contributed by atoms with E-state index in [0.717, 1.165) is 51.4 Å². The molecule has 0 aliphatic heterocycles. The van der Waals surface area contributed by atoms with Gasteiger partial charge in [-0.3, -0.25) is 9.59 Å². The van der Waals surface area contributed by atoms with E-state index in [9.17, 15) is 9.59 Å². The summed E-state index contributed by atoms with van der Waals surface area (Å²) in [6.07, 6.45) is 16.2. The summed E-state index contributed by atoms with van der Waals surface area (Å²) < 4.78 is 1.50. The number of hydrogen-bond acceptors (Lipinski definition) is 2. The third kappa shape index (κ3) is 27.7. The van der Waals surface area contributed by atoms with E-state index < -0.39 is 11.9 Å². The predicted molar refractivity (Wildman–Crippen MR) is 127 cm³/mol. The SMILES string of the molecule is CCCCC(CC)C(=O)O.CCCCC(CC)C(=O)O.CCCCCCC[CH2][SnH]. The Labute approximate surface area is 194 Å². The van der Waals surface area contributed by atoms with Crippen LogP contribution in [-0.4, -0.2) is 44.7 Å². The maximum atomic E-state index is 10.4. The summed E-state index contributed by atoms with van der Waals surface area (Å²) >= 11 is 1.46. The molecule has 0 saturated heterocycles. The van der Waals surface area contributed by atoms with Crippen molar-refractivity contribution >= 4 is 34.5 Å². The zero-order valence-corrected chi connectivity index (χ0v) is 23.3. The van der Waals surface area contributed by atoms with Gasteiger partial charge in [-0.15, -0.1) is 0 Å². The van der Waals surface area contributed by atoms with Crippen molar-refractivity contribution in [2.45, 2.75) is 129 Å². The second kappa shape index (κ2) is 27.7. The molecule has 0 aliphatic carbocycles. The summed E-state index contributed by atoms with van der Waals surface area (Å²) in [5, 5.41) is 17.2. The van der Waals surface area contributed by atoms with Crippen LogP contribution >= 0.6 is 0 Å². The van der Waals surface area contributed by atoms with Crippen LogP contribution in [0.1, 0.15) is 125 Å². The van der Waals surface area contributed by atoms with Gasteiger partial charge in [0.1, 0.15) is 0 Å². The third-order valence-electron chi connectivity index (χ3n) is 5.05. The molecule has 0 aromatic heterocycles. The quantitative estimate of drug-likeness (QED) is 0.166. The molecule has 174 valence electrons. The Morgan fingerprint density at radius 2 is 0.966 bits per heavy atom. The molecule has 0 amide bonds. The van der Waals surface area contributed by atoms with Crippen LogP contribution in [0.3, 0.4) is 0 Å². The molecule has 0 saturated carbocycles. The molecule has 0 aromatic carbocycles. The Kier molecular flexibility index (Phi) is 31.9. The van der Waals surface area contributed by atoms with Gasteiger partial charge in [-0.1, -0.05) is 53.4 Å². The summed E-state index contributed by atoms with van der Waals surface area (Å²) in [7, 11) is 0. The second-order valence-corrected chi connectivity index (χ2v) is 9.38. The number of hydrogen-bond donors (Lipinski definition) is 2. The van der Waals surface area contributed by atoms with Crippen molar-refractivity contribution in [1.82, 2.24) is 0 Å². The molecule has 2 unspecified atom stereocenters. The van der Waals surface area contributed by atoms with Crippen LogP contribution in [0.15, 0.2) is 0 Å². The second-order valence-electron chi connectivity index (χ2n) is 7.73. The standard InChI is InChI=1S/2C8H16O2.C8H17.Sn.H/c2*1-3-5-6-7(4-2)8(9)10;1-3-5-7-8-6-4-2;;/h2*7H,3-6H2,1-2H3,(H,9,10);1,3-8H2,2H3;;. The van der Waals surface area contributed by atoms with E-state index in [2.05, 4.69) is 20.8 Å². The fourth-order valence-corrected chi connectivity index (χ4v) is 3.65. The van der Waals surface area contributed by atoms with Gasteiger partial charge < -0.3 is 10.2 Å². The molecule has 4 nitrogen and oxygen atoms in total. The van der Waals surface area contributed by atoms with Crippen molar-refractivity contribution in [2.24, 2.45) is 11.8 Å². The van der Waals surface area contributed by atoms with E-state index in [0.29, 0.717) is 0 Å². The van der Waals surface area contributed by atoms with E-state index in [4.69, 9.17) is 10.2 Å². The topological polar surface area (TPSA) is 74.6 Å². The maximum absolute atomic E-state index is 10.4. The molecule has 0 aromatic rings. The molecule has 0 bridgehead atoms. The summed E-state index contributed by atoms with van der Waals surface area (Å²) in [5.41, 5.74) is 0. The van der Waals surface area contributed by atoms with Gasteiger partial charge in [-0.05, 0) is 25.7 Å². The fourth-order valence-electron chi connectivity index (χ4n) is 2.83. The number of carboxylic acids is 2. The van der Waals surface area contributed by atoms with Crippen LogP contribution < -0.4 is 0 Å². The minimum absolute atomic E-state index is 0.111. The Hall–Kier alpha value is -0.261. The molecular formula is C24H50O4Sn. The van der Waals surface area contributed by atoms with Crippen molar-refractivity contribution in [3.8, 4) is 0 Å². The van der Waals surface area contributed by atoms with Crippen LogP contribution in [0.5, 0.6) is 0 Å². The van der Waals surface area contributed by atoms with Gasteiger partial charge in [0.2, 0.25) is 0 Å². The van der Waals surface area contributed by atoms with E-state index >= 15 is 0 Å². The van der Waals surface area contributed by atoms with Crippen LogP contribution in [0.2, 0.25) is 4.44 Å². The van der Waals surface area contributed by atoms with E-state index in [-0.39, 0.29) is 11.8 Å². The Balaban J connectivity index is -0.000000350. The van der Waals surface area contributed by atoms with Crippen LogP contribution in [0.25, 0.3) is 0 Å². The average Bonchev–Trinajstić information content (AvgIpc) is 2.69. The monoisotopic (exact) mass is 522 g/mol. The third-order valence-corrected chi connectivity index (χ3v) is 6.22. The molecule has 2 radical (unpaired) electrons. The molecule has 5 heteroatoms. The van der Waals surface area contributed by atoms with Gasteiger partial charge in [-0.2, -0.15) is 0 Å². The Morgan fingerprint density at radius 1 is 0.621 bits per heavy atom. The first-order chi connectivity index (χ1) is 13.9. The number of rotatable bonds is 16. The van der Waals surface area contributed by atoms with Crippen molar-refractivity contribution < 1.29 is 19.8 Å². The normalized spacial score (nSPS) is 12.1. The number of carbonyl (C=O) groups is 2. The molecule has 2 atom stereocenters. The number of unbranched alkanes of at least 4 members (excludes halogenated alkanes) is 7. The molecule has 0 spiro atoms. The zero-order valence-electron chi connectivity index (χ0n) is 20.0. The van der Waals surface area contributed by atoms with E-state index in [1.807, 2.05) is 13.8 Å². The summed E-state index contributed by atoms with van der Waals surface area (Å²) in [5.74, 6) is -1.51. The van der Waals surface area contributed by atoms with Gasteiger partial charge >= 0.3 is 84.3 Å². The van der Waals surface area contributed by atoms with Gasteiger partial charge in [0.25, 0.3) is 0 Å². The van der Waals surface area contributed by atoms with E-state index in [1.165, 1.54) is 65.5 Å². The first-order valence-electron chi connectivity index (χ1n) is 12.0. The predicted octanol–water partition coefficient (Wildman–Crippen LogP) is 7.24. The molecule has 2 N–H and O–H groups in total. The zero-order chi connectivity index (χ0) is 22.9. The number of carboxylic acid groups (broad SMARTS) is 2. The molecule has 0 aliphatic rings. The van der Waals surface area contributed by atoms with Crippen LogP contribution in [0, 0.1) is 11.8 Å². The molecule has 0 fully saturated rings. The van der Waals surface area contributed by atoms with Crippen molar-refractivity contribution in [1.29, 1.82) is 0 Å². The van der Waals surface area contributed by atoms with Gasteiger partial charge in [-0.25, -0.2) is 0 Å². The van der Waals surface area contributed by atoms with Crippen molar-refractivity contribution in [3.05, 3.63) is 0 Å². The van der Waals surface area contributed by atoms with Crippen LogP contribution in [0.4, 0.5) is 0 Å². The Morgan fingerprint density at radius 3 is 1.24 bits per heavy atom. The fraction of sp³-hybridized carbons (Fsp3) is 0.917. The first kappa shape index (κ1) is 33.4. The number of aliphatic carboxylic acids is 2. The molecule has 0 rings (SSSR count). The summed E-state index contributed by atoms with van der Waals surface area (Å²) in [6, 6.07) is 0. The Bertz CT molecular complexity index is 316. The first-order valence-corrected chi connectivity index (χ1v) is 14.3. The molecule has 0 heterocycles. The summed E-state index contributed by atoms with van der Waals surface area (Å²) in [6.45, 7) is 10.3. The van der Waals surface area contributed by atoms with Crippen molar-refractivity contribution in [2.75, 3.05) is 0 Å². The molecular weight excluding hydrogens is 471 g/mol.